The zero-order chi connectivity index (χ0) is 23.0. The van der Waals surface area contributed by atoms with Crippen LogP contribution in [0.2, 0.25) is 0 Å². The molecule has 0 aliphatic rings. The van der Waals surface area contributed by atoms with Crippen molar-refractivity contribution in [1.29, 1.82) is 0 Å². The van der Waals surface area contributed by atoms with Gasteiger partial charge in [-0.05, 0) is 12.8 Å². The predicted molar refractivity (Wildman–Crippen MR) is 133 cm³/mol. The zero-order valence-corrected chi connectivity index (χ0v) is 20.8. The summed E-state index contributed by atoms with van der Waals surface area (Å²) in [5.74, 6) is -0.0765. The van der Waals surface area contributed by atoms with Crippen LogP contribution < -0.4 is 5.32 Å². The molecule has 0 bridgehead atoms. The summed E-state index contributed by atoms with van der Waals surface area (Å²) < 4.78 is 0. The van der Waals surface area contributed by atoms with Gasteiger partial charge in [-0.1, -0.05) is 129 Å². The molecule has 0 radical (unpaired) electrons. The van der Waals surface area contributed by atoms with Crippen LogP contribution >= 0.6 is 0 Å². The first-order valence-electron chi connectivity index (χ1n) is 13.4. The molecule has 1 amide bonds. The standard InChI is InChI=1S/C27H53NO3/c1-3-5-7-8-9-10-11-12-13-14-15-16-17-18-19-21-23-27(31)28-25(24-29)26(30)22-20-6-4-2/h20,22,25-26,29-30H,3-19,21,23-24H2,1-2H3,(H,28,31)/b22-20+. The molecule has 4 nitrogen and oxygen atoms in total. The van der Waals surface area contributed by atoms with Gasteiger partial charge in [-0.25, -0.2) is 0 Å². The lowest BCUT2D eigenvalue weighted by atomic mass is 10.0. The van der Waals surface area contributed by atoms with Crippen molar-refractivity contribution in [1.82, 2.24) is 5.32 Å². The van der Waals surface area contributed by atoms with E-state index in [2.05, 4.69) is 19.2 Å². The highest BCUT2D eigenvalue weighted by atomic mass is 16.3. The van der Waals surface area contributed by atoms with Crippen LogP contribution in [0.15, 0.2) is 12.2 Å². The zero-order valence-electron chi connectivity index (χ0n) is 20.8. The van der Waals surface area contributed by atoms with Crippen molar-refractivity contribution in [2.75, 3.05) is 6.61 Å². The van der Waals surface area contributed by atoms with E-state index in [1.165, 1.54) is 89.9 Å². The summed E-state index contributed by atoms with van der Waals surface area (Å²) in [4.78, 5) is 12.0. The second-order valence-electron chi connectivity index (χ2n) is 9.12. The van der Waals surface area contributed by atoms with Gasteiger partial charge >= 0.3 is 0 Å². The van der Waals surface area contributed by atoms with Crippen molar-refractivity contribution in [2.24, 2.45) is 0 Å². The number of amides is 1. The third-order valence-electron chi connectivity index (χ3n) is 6.00. The first kappa shape index (κ1) is 30.1. The molecule has 0 fully saturated rings. The molecule has 0 saturated carbocycles. The van der Waals surface area contributed by atoms with Crippen molar-refractivity contribution >= 4 is 5.91 Å². The fourth-order valence-corrected chi connectivity index (χ4v) is 3.89. The monoisotopic (exact) mass is 439 g/mol. The number of rotatable bonds is 23. The smallest absolute Gasteiger partial charge is 0.220 e. The van der Waals surface area contributed by atoms with Gasteiger partial charge in [-0.3, -0.25) is 4.79 Å². The maximum Gasteiger partial charge on any atom is 0.220 e. The lowest BCUT2D eigenvalue weighted by Crippen LogP contribution is -2.45. The molecule has 0 aromatic rings. The summed E-state index contributed by atoms with van der Waals surface area (Å²) in [5.41, 5.74) is 0. The number of allylic oxidation sites excluding steroid dienone is 1. The van der Waals surface area contributed by atoms with Crippen molar-refractivity contribution in [2.45, 2.75) is 148 Å². The second kappa shape index (κ2) is 23.8. The van der Waals surface area contributed by atoms with Crippen molar-refractivity contribution in [3.63, 3.8) is 0 Å². The number of hydrogen-bond donors (Lipinski definition) is 3. The van der Waals surface area contributed by atoms with Gasteiger partial charge in [-0.15, -0.1) is 0 Å². The molecule has 2 unspecified atom stereocenters. The number of nitrogens with one attached hydrogen (secondary N) is 1. The predicted octanol–water partition coefficient (Wildman–Crippen LogP) is 6.83. The summed E-state index contributed by atoms with van der Waals surface area (Å²) in [6.45, 7) is 4.09. The molecule has 2 atom stereocenters. The summed E-state index contributed by atoms with van der Waals surface area (Å²) in [6, 6.07) is -0.610. The van der Waals surface area contributed by atoms with E-state index >= 15 is 0 Å². The van der Waals surface area contributed by atoms with Crippen LogP contribution in [0, 0.1) is 0 Å². The molecule has 0 heterocycles. The van der Waals surface area contributed by atoms with Crippen molar-refractivity contribution in [3.8, 4) is 0 Å². The molecule has 0 saturated heterocycles. The largest absolute Gasteiger partial charge is 0.394 e. The Bertz CT molecular complexity index is 411. The summed E-state index contributed by atoms with van der Waals surface area (Å²) in [5, 5.41) is 22.2. The van der Waals surface area contributed by atoms with Crippen LogP contribution in [0.25, 0.3) is 0 Å². The molecule has 184 valence electrons. The Morgan fingerprint density at radius 3 is 1.61 bits per heavy atom. The Morgan fingerprint density at radius 2 is 1.19 bits per heavy atom. The molecule has 0 spiro atoms. The van der Waals surface area contributed by atoms with E-state index in [1.807, 2.05) is 6.08 Å². The number of aliphatic hydroxyl groups excluding tert-OH is 2. The highest BCUT2D eigenvalue weighted by Crippen LogP contribution is 2.14. The summed E-state index contributed by atoms with van der Waals surface area (Å²) in [6.07, 6.45) is 26.2. The number of unbranched alkanes of at least 4 members (excludes halogenated alkanes) is 16. The van der Waals surface area contributed by atoms with E-state index in [1.54, 1.807) is 6.08 Å². The normalized spacial score (nSPS) is 13.5. The average molecular weight is 440 g/mol. The Labute approximate surface area is 193 Å². The lowest BCUT2D eigenvalue weighted by Gasteiger charge is -2.19. The Kier molecular flexibility index (Phi) is 23.1. The maximum absolute atomic E-state index is 12.0. The minimum absolute atomic E-state index is 0.0765. The quantitative estimate of drug-likeness (QED) is 0.121. The Balaban J connectivity index is 3.47. The molecule has 0 aromatic carbocycles. The van der Waals surface area contributed by atoms with Gasteiger partial charge in [0.25, 0.3) is 0 Å². The summed E-state index contributed by atoms with van der Waals surface area (Å²) >= 11 is 0. The summed E-state index contributed by atoms with van der Waals surface area (Å²) in [7, 11) is 0. The third-order valence-corrected chi connectivity index (χ3v) is 6.00. The highest BCUT2D eigenvalue weighted by Gasteiger charge is 2.17. The number of carbonyl (C=O) groups is 1. The number of carbonyl (C=O) groups excluding carboxylic acids is 1. The number of aliphatic hydroxyl groups is 2. The van der Waals surface area contributed by atoms with Gasteiger partial charge < -0.3 is 15.5 Å². The third kappa shape index (κ3) is 20.8. The molecular formula is C27H53NO3. The van der Waals surface area contributed by atoms with Crippen LogP contribution in [0.1, 0.15) is 136 Å². The van der Waals surface area contributed by atoms with E-state index in [9.17, 15) is 15.0 Å². The van der Waals surface area contributed by atoms with Crippen LogP contribution in [0.4, 0.5) is 0 Å². The molecule has 4 heteroatoms. The molecular weight excluding hydrogens is 386 g/mol. The van der Waals surface area contributed by atoms with Crippen molar-refractivity contribution < 1.29 is 15.0 Å². The topological polar surface area (TPSA) is 69.6 Å². The highest BCUT2D eigenvalue weighted by molar-refractivity contribution is 5.76. The van der Waals surface area contributed by atoms with Gasteiger partial charge in [0.15, 0.2) is 0 Å². The molecule has 0 aliphatic carbocycles. The van der Waals surface area contributed by atoms with Crippen LogP contribution in [-0.2, 0) is 4.79 Å². The first-order chi connectivity index (χ1) is 15.2. The maximum atomic E-state index is 12.0. The molecule has 3 N–H and O–H groups in total. The van der Waals surface area contributed by atoms with E-state index in [-0.39, 0.29) is 12.5 Å². The first-order valence-corrected chi connectivity index (χ1v) is 13.4. The lowest BCUT2D eigenvalue weighted by molar-refractivity contribution is -0.123. The fourth-order valence-electron chi connectivity index (χ4n) is 3.89. The second-order valence-corrected chi connectivity index (χ2v) is 9.12. The van der Waals surface area contributed by atoms with Gasteiger partial charge in [0, 0.05) is 6.42 Å². The molecule has 0 aliphatic heterocycles. The molecule has 0 aromatic heterocycles. The van der Waals surface area contributed by atoms with Gasteiger partial charge in [0.05, 0.1) is 18.8 Å². The van der Waals surface area contributed by atoms with Gasteiger partial charge in [0.2, 0.25) is 5.91 Å². The van der Waals surface area contributed by atoms with Crippen LogP contribution in [0.3, 0.4) is 0 Å². The molecule has 0 rings (SSSR count). The Morgan fingerprint density at radius 1 is 0.742 bits per heavy atom. The van der Waals surface area contributed by atoms with Gasteiger partial charge in [-0.2, -0.15) is 0 Å². The van der Waals surface area contributed by atoms with E-state index in [0.717, 1.165) is 25.7 Å². The molecule has 31 heavy (non-hydrogen) atoms. The average Bonchev–Trinajstić information content (AvgIpc) is 2.77. The minimum atomic E-state index is -0.828. The van der Waals surface area contributed by atoms with Crippen LogP contribution in [0.5, 0.6) is 0 Å². The van der Waals surface area contributed by atoms with Gasteiger partial charge in [0.1, 0.15) is 0 Å². The van der Waals surface area contributed by atoms with E-state index < -0.39 is 12.1 Å². The minimum Gasteiger partial charge on any atom is -0.394 e. The van der Waals surface area contributed by atoms with Crippen molar-refractivity contribution in [3.05, 3.63) is 12.2 Å². The van der Waals surface area contributed by atoms with E-state index in [0.29, 0.717) is 6.42 Å². The number of hydrogen-bond acceptors (Lipinski definition) is 3. The van der Waals surface area contributed by atoms with E-state index in [4.69, 9.17) is 0 Å². The van der Waals surface area contributed by atoms with Crippen LogP contribution in [-0.4, -0.2) is 34.9 Å². The SMILES string of the molecule is CCC/C=C/C(O)C(CO)NC(=O)CCCCCCCCCCCCCCCCCC. The Hall–Kier alpha value is -0.870. The fraction of sp³-hybridized carbons (Fsp3) is 0.889.